The normalized spacial score (nSPS) is 17.7. The van der Waals surface area contributed by atoms with E-state index >= 15 is 0 Å². The van der Waals surface area contributed by atoms with E-state index in [0.29, 0.717) is 0 Å². The fourth-order valence-corrected chi connectivity index (χ4v) is 3.81. The van der Waals surface area contributed by atoms with Crippen LogP contribution in [0.15, 0.2) is 29.9 Å². The van der Waals surface area contributed by atoms with Crippen molar-refractivity contribution < 1.29 is 27.5 Å². The Morgan fingerprint density at radius 3 is 2.68 bits per heavy atom. The molecule has 1 saturated heterocycles. The first-order valence-corrected chi connectivity index (χ1v) is 10.6. The molecule has 1 fully saturated rings. The average molecular weight is 456 g/mol. The Kier molecular flexibility index (Phi) is 7.60. The van der Waals surface area contributed by atoms with E-state index in [-0.39, 0.29) is 38.7 Å². The molecular formula is C20H23F3N4O3S. The molecule has 7 nitrogen and oxygen atoms in total. The lowest BCUT2D eigenvalue weighted by Gasteiger charge is -2.24. The number of aromatic nitrogens is 2. The van der Waals surface area contributed by atoms with Crippen molar-refractivity contribution in [2.75, 3.05) is 19.6 Å². The molecule has 1 atom stereocenters. The summed E-state index contributed by atoms with van der Waals surface area (Å²) in [6.07, 6.45) is -3.65. The highest BCUT2D eigenvalue weighted by atomic mass is 32.1. The second kappa shape index (κ2) is 10.2. The van der Waals surface area contributed by atoms with Crippen molar-refractivity contribution in [3.63, 3.8) is 0 Å². The smallest absolute Gasteiger partial charge is 0.370 e. The largest absolute Gasteiger partial charge is 0.389 e. The number of thiazole rings is 1. The number of amides is 2. The molecule has 0 aliphatic carbocycles. The van der Waals surface area contributed by atoms with Gasteiger partial charge < -0.3 is 14.5 Å². The SMILES string of the molecule is Cc1nc(CN2CC(OCc3ccncc3)CN(C(=O)CCC(F)(F)F)CC2=O)cs1. The highest BCUT2D eigenvalue weighted by Crippen LogP contribution is 2.23. The number of carbonyl (C=O) groups excluding carboxylic acids is 2. The van der Waals surface area contributed by atoms with Crippen LogP contribution in [-0.2, 0) is 27.5 Å². The van der Waals surface area contributed by atoms with Crippen LogP contribution in [0.1, 0.15) is 29.1 Å². The van der Waals surface area contributed by atoms with E-state index in [1.165, 1.54) is 11.3 Å². The Morgan fingerprint density at radius 2 is 2.03 bits per heavy atom. The third kappa shape index (κ3) is 7.28. The van der Waals surface area contributed by atoms with Gasteiger partial charge in [-0.25, -0.2) is 4.98 Å². The first-order chi connectivity index (χ1) is 14.7. The van der Waals surface area contributed by atoms with Gasteiger partial charge in [-0.3, -0.25) is 14.6 Å². The van der Waals surface area contributed by atoms with E-state index < -0.39 is 31.0 Å². The first-order valence-electron chi connectivity index (χ1n) is 9.73. The molecule has 0 saturated carbocycles. The van der Waals surface area contributed by atoms with Gasteiger partial charge in [0.2, 0.25) is 11.8 Å². The topological polar surface area (TPSA) is 75.6 Å². The number of hydrogen-bond donors (Lipinski definition) is 0. The van der Waals surface area contributed by atoms with E-state index in [4.69, 9.17) is 4.74 Å². The summed E-state index contributed by atoms with van der Waals surface area (Å²) in [7, 11) is 0. The second-order valence-corrected chi connectivity index (χ2v) is 8.37. The fourth-order valence-electron chi connectivity index (χ4n) is 3.20. The van der Waals surface area contributed by atoms with Gasteiger partial charge in [-0.2, -0.15) is 13.2 Å². The minimum absolute atomic E-state index is 0.0418. The number of hydrogen-bond acceptors (Lipinski definition) is 6. The van der Waals surface area contributed by atoms with Crippen molar-refractivity contribution in [2.24, 2.45) is 0 Å². The molecule has 0 bridgehead atoms. The molecular weight excluding hydrogens is 433 g/mol. The summed E-state index contributed by atoms with van der Waals surface area (Å²) in [5, 5.41) is 2.72. The van der Waals surface area contributed by atoms with Crippen LogP contribution in [0.2, 0.25) is 0 Å². The van der Waals surface area contributed by atoms with Gasteiger partial charge in [0.1, 0.15) is 0 Å². The Labute approximate surface area is 181 Å². The van der Waals surface area contributed by atoms with Crippen LogP contribution >= 0.6 is 11.3 Å². The minimum Gasteiger partial charge on any atom is -0.370 e. The van der Waals surface area contributed by atoms with Crippen LogP contribution in [0.3, 0.4) is 0 Å². The molecule has 168 valence electrons. The van der Waals surface area contributed by atoms with E-state index in [9.17, 15) is 22.8 Å². The second-order valence-electron chi connectivity index (χ2n) is 7.31. The number of carbonyl (C=O) groups is 2. The van der Waals surface area contributed by atoms with Crippen molar-refractivity contribution in [1.29, 1.82) is 0 Å². The summed E-state index contributed by atoms with van der Waals surface area (Å²) in [6, 6.07) is 3.56. The first kappa shape index (κ1) is 23.1. The number of alkyl halides is 3. The highest BCUT2D eigenvalue weighted by Gasteiger charge is 2.34. The molecule has 2 amide bonds. The van der Waals surface area contributed by atoms with Crippen LogP contribution < -0.4 is 0 Å². The number of halogens is 3. The molecule has 0 radical (unpaired) electrons. The van der Waals surface area contributed by atoms with Gasteiger partial charge in [0.15, 0.2) is 0 Å². The summed E-state index contributed by atoms with van der Waals surface area (Å²) in [5.74, 6) is -1.06. The van der Waals surface area contributed by atoms with E-state index in [2.05, 4.69) is 9.97 Å². The number of pyridine rings is 1. The van der Waals surface area contributed by atoms with E-state index in [0.717, 1.165) is 21.2 Å². The lowest BCUT2D eigenvalue weighted by molar-refractivity contribution is -0.150. The van der Waals surface area contributed by atoms with Crippen LogP contribution in [0.25, 0.3) is 0 Å². The van der Waals surface area contributed by atoms with Crippen LogP contribution in [0.5, 0.6) is 0 Å². The molecule has 31 heavy (non-hydrogen) atoms. The van der Waals surface area contributed by atoms with Crippen molar-refractivity contribution in [1.82, 2.24) is 19.8 Å². The Hall–Kier alpha value is -2.53. The minimum atomic E-state index is -4.43. The summed E-state index contributed by atoms with van der Waals surface area (Å²) in [5.41, 5.74) is 1.59. The number of aryl methyl sites for hydroxylation is 1. The van der Waals surface area contributed by atoms with Crippen LogP contribution in [0.4, 0.5) is 13.2 Å². The zero-order chi connectivity index (χ0) is 22.4. The van der Waals surface area contributed by atoms with Gasteiger partial charge in [-0.05, 0) is 24.6 Å². The summed E-state index contributed by atoms with van der Waals surface area (Å²) >= 11 is 1.46. The van der Waals surface area contributed by atoms with Gasteiger partial charge in [-0.15, -0.1) is 11.3 Å². The number of nitrogens with zero attached hydrogens (tertiary/aromatic N) is 4. The standard InChI is InChI=1S/C20H23F3N4O3S/c1-14-25-16(13-31-14)8-26-9-17(30-12-15-3-6-24-7-4-15)10-27(11-19(26)29)18(28)2-5-20(21,22)23/h3-4,6-7,13,17H,2,5,8-12H2,1H3. The van der Waals surface area contributed by atoms with E-state index in [1.807, 2.05) is 12.3 Å². The molecule has 1 unspecified atom stereocenters. The lowest BCUT2D eigenvalue weighted by atomic mass is 10.2. The third-order valence-electron chi connectivity index (χ3n) is 4.76. The molecule has 0 aromatic carbocycles. The summed E-state index contributed by atoms with van der Waals surface area (Å²) in [4.78, 5) is 36.2. The summed E-state index contributed by atoms with van der Waals surface area (Å²) in [6.45, 7) is 2.32. The van der Waals surface area contributed by atoms with Crippen molar-refractivity contribution >= 4 is 23.2 Å². The molecule has 0 N–H and O–H groups in total. The third-order valence-corrected chi connectivity index (χ3v) is 5.58. The molecule has 3 heterocycles. The van der Waals surface area contributed by atoms with Gasteiger partial charge in [0.05, 0.1) is 42.9 Å². The van der Waals surface area contributed by atoms with E-state index in [1.54, 1.807) is 29.4 Å². The zero-order valence-corrected chi connectivity index (χ0v) is 17.8. The Morgan fingerprint density at radius 1 is 1.29 bits per heavy atom. The maximum atomic E-state index is 12.8. The van der Waals surface area contributed by atoms with Crippen LogP contribution in [-0.4, -0.2) is 63.5 Å². The van der Waals surface area contributed by atoms with Gasteiger partial charge in [0, 0.05) is 37.3 Å². The molecule has 3 rings (SSSR count). The van der Waals surface area contributed by atoms with Gasteiger partial charge in [-0.1, -0.05) is 0 Å². The number of rotatable bonds is 7. The van der Waals surface area contributed by atoms with Crippen molar-refractivity contribution in [3.8, 4) is 0 Å². The summed E-state index contributed by atoms with van der Waals surface area (Å²) < 4.78 is 43.6. The quantitative estimate of drug-likeness (QED) is 0.641. The lowest BCUT2D eigenvalue weighted by Crippen LogP contribution is -2.40. The molecule has 1 aliphatic heterocycles. The Bertz CT molecular complexity index is 891. The predicted octanol–water partition coefficient (Wildman–Crippen LogP) is 2.95. The van der Waals surface area contributed by atoms with Crippen LogP contribution in [0, 0.1) is 6.92 Å². The molecule has 2 aromatic heterocycles. The zero-order valence-electron chi connectivity index (χ0n) is 17.0. The average Bonchev–Trinajstić information content (AvgIpc) is 3.06. The molecule has 1 aliphatic rings. The maximum Gasteiger partial charge on any atom is 0.389 e. The fraction of sp³-hybridized carbons (Fsp3) is 0.500. The molecule has 11 heteroatoms. The highest BCUT2D eigenvalue weighted by molar-refractivity contribution is 7.09. The maximum absolute atomic E-state index is 12.8. The van der Waals surface area contributed by atoms with Gasteiger partial charge >= 0.3 is 6.18 Å². The molecule has 0 spiro atoms. The Balaban J connectivity index is 1.71. The molecule has 2 aromatic rings. The van der Waals surface area contributed by atoms with Gasteiger partial charge in [0.25, 0.3) is 0 Å². The number of ether oxygens (including phenoxy) is 1. The monoisotopic (exact) mass is 456 g/mol. The van der Waals surface area contributed by atoms with Crippen molar-refractivity contribution in [2.45, 2.75) is 45.2 Å². The predicted molar refractivity (Wildman–Crippen MR) is 107 cm³/mol. The van der Waals surface area contributed by atoms with Crippen molar-refractivity contribution in [3.05, 3.63) is 46.2 Å².